The molecule has 0 amide bonds. The maximum atomic E-state index is 14.0. The molecule has 0 spiro atoms. The number of nitrogens with one attached hydrogen (secondary N) is 7. The Morgan fingerprint density at radius 2 is 0.514 bits per heavy atom. The molecule has 0 aromatic heterocycles. The topological polar surface area (TPSA) is 414 Å². The maximum absolute atomic E-state index is 14.0. The van der Waals surface area contributed by atoms with Crippen molar-refractivity contribution in [2.24, 2.45) is 17.8 Å². The zero-order chi connectivity index (χ0) is 108. The van der Waals surface area contributed by atoms with Crippen LogP contribution in [-0.4, -0.2) is 391 Å². The summed E-state index contributed by atoms with van der Waals surface area (Å²) < 4.78 is 160. The molecule has 54 heteroatoms. The molecule has 828 valence electrons. The van der Waals surface area contributed by atoms with Crippen LogP contribution in [0.15, 0.2) is 0 Å². The Balaban J connectivity index is 0. The van der Waals surface area contributed by atoms with Crippen LogP contribution in [0.3, 0.4) is 0 Å². The Labute approximate surface area is 891 Å². The number of methoxy groups -OCH3 is 1. The molecule has 33 nitrogen and oxygen atoms in total. The molecular formula is C88H185B7F2N7O26P7S5. The fourth-order valence-corrected chi connectivity index (χ4v) is 23.0. The van der Waals surface area contributed by atoms with Gasteiger partial charge in [-0.1, -0.05) is 199 Å². The van der Waals surface area contributed by atoms with Crippen molar-refractivity contribution < 1.29 is 132 Å². The third-order valence-corrected chi connectivity index (χ3v) is 46.1. The minimum atomic E-state index is -3.52. The first-order valence-corrected chi connectivity index (χ1v) is 66.7. The second-order valence-electron chi connectivity index (χ2n) is 40.4. The average Bonchev–Trinajstić information content (AvgIpc) is 1.65. The Kier molecular flexibility index (Phi) is 71.5. The zero-order valence-electron chi connectivity index (χ0n) is 89.4. The lowest BCUT2D eigenvalue weighted by Crippen LogP contribution is -2.47. The first-order chi connectivity index (χ1) is 64.1. The molecule has 14 unspecified atom stereocenters. The first kappa shape index (κ1) is 147. The average molecular weight is 2250 g/mol. The number of hydrogen-bond donors (Lipinski definition) is 14. The van der Waals surface area contributed by atoms with E-state index < -0.39 is 144 Å². The molecule has 7 fully saturated rings. The van der Waals surface area contributed by atoms with Gasteiger partial charge in [-0.2, -0.15) is 0 Å². The van der Waals surface area contributed by atoms with Gasteiger partial charge in [0.2, 0.25) is 6.49 Å². The van der Waals surface area contributed by atoms with Crippen molar-refractivity contribution in [2.75, 3.05) is 73.2 Å². The highest BCUT2D eigenvalue weighted by atomic mass is 32.7. The van der Waals surface area contributed by atoms with E-state index in [4.69, 9.17) is 183 Å². The van der Waals surface area contributed by atoms with Crippen LogP contribution in [0.5, 0.6) is 0 Å². The zero-order valence-corrected chi connectivity index (χ0v) is 99.8. The minimum Gasteiger partial charge on any atom is -0.382 e. The van der Waals surface area contributed by atoms with Gasteiger partial charge in [0.25, 0.3) is 15.0 Å². The Bertz CT molecular complexity index is 3440. The molecule has 7 rings (SSSR count). The smallest absolute Gasteiger partial charge is 0.270 e. The molecule has 13 N–H and O–H groups in total. The second-order valence-corrected chi connectivity index (χ2v) is 66.6. The number of hydrogen-bond acceptors (Lipinski definition) is 24. The van der Waals surface area contributed by atoms with E-state index in [9.17, 15) is 51.8 Å². The molecule has 7 saturated heterocycles. The second kappa shape index (κ2) is 69.2. The molecule has 0 bridgehead atoms. The van der Waals surface area contributed by atoms with Gasteiger partial charge < -0.3 is 110 Å². The summed E-state index contributed by atoms with van der Waals surface area (Å²) in [6, 6.07) is -7.11. The van der Waals surface area contributed by atoms with Crippen LogP contribution in [0.25, 0.3) is 0 Å². The van der Waals surface area contributed by atoms with Crippen LogP contribution in [-0.2, 0) is 141 Å². The van der Waals surface area contributed by atoms with Crippen LogP contribution in [0.1, 0.15) is 243 Å². The fraction of sp³-hybridized carbons (Fsp3) is 1.00. The van der Waals surface area contributed by atoms with Crippen LogP contribution < -0.4 is 35.6 Å². The van der Waals surface area contributed by atoms with Gasteiger partial charge in [-0.15, -0.1) is 0 Å². The predicted molar refractivity (Wildman–Crippen MR) is 598 cm³/mol. The Morgan fingerprint density at radius 1 is 0.310 bits per heavy atom. The largest absolute Gasteiger partial charge is 0.382 e. The van der Waals surface area contributed by atoms with E-state index in [0.29, 0.717) is 52.9 Å². The molecule has 0 aromatic carbocycles. The molecule has 7 aliphatic heterocycles. The minimum absolute atomic E-state index is 0. The van der Waals surface area contributed by atoms with Crippen LogP contribution in [0, 0.1) is 17.8 Å². The van der Waals surface area contributed by atoms with E-state index in [1.54, 1.807) is 62.5 Å². The monoisotopic (exact) mass is 2250 g/mol. The summed E-state index contributed by atoms with van der Waals surface area (Å²) in [6.45, 7) is 61.5. The van der Waals surface area contributed by atoms with Crippen molar-refractivity contribution in [3.05, 3.63) is 0 Å². The van der Waals surface area contributed by atoms with Crippen molar-refractivity contribution in [2.45, 2.75) is 477 Å². The summed E-state index contributed by atoms with van der Waals surface area (Å²) in [5.74, 6) is 0.119. The SMILES string of the molecule is C.C.[B][C@@H]1O[C@H](COC(C)C)C(NP(=O)(O)C(C)C)[C@@H]1C.[B][C@@H]1O[C@H](COC(C)C)C(NP(=O)(O)C(C)C)[C@@H]1OCCC.[B][C@@H]1O[C@H](COC(C)C)C(NP(=O)(S)C(C)C)[C@@H]1C.[B][C@@H]1O[C@H](COC(C)C)C(NP(O)(=S)C(C)C)[C@@H]1C.[B][C@@H]1O[C@H](COC(C)C)C(NP(O)(=S)C(C)C)[C@@H]1F.[B][C@@H]1O[C@H](COC(C)C)C(NP(O)(=S)C(C)C)[C@@H]1F.[B][C@@H]1O[C@H](COC(C)C)C(NP(O)(=S)C(C)C)[C@@H]1OCCOC. The predicted octanol–water partition coefficient (Wildman–Crippen LogP) is 12.1. The number of thiol groups is 1. The lowest BCUT2D eigenvalue weighted by atomic mass is 9.85. The number of alkyl halides is 2. The third kappa shape index (κ3) is 51.6. The van der Waals surface area contributed by atoms with E-state index in [1.165, 1.54) is 0 Å². The highest BCUT2D eigenvalue weighted by Crippen LogP contribution is 2.54. The molecule has 0 aliphatic carbocycles. The summed E-state index contributed by atoms with van der Waals surface area (Å²) in [5, 5.41) is 20.8. The van der Waals surface area contributed by atoms with Gasteiger partial charge in [0, 0.05) is 113 Å². The van der Waals surface area contributed by atoms with Crippen molar-refractivity contribution >= 4 is 162 Å². The van der Waals surface area contributed by atoms with Crippen molar-refractivity contribution in [3.63, 3.8) is 0 Å². The Morgan fingerprint density at radius 3 is 0.754 bits per heavy atom. The number of halogens is 2. The van der Waals surface area contributed by atoms with Gasteiger partial charge in [0.05, 0.1) is 181 Å². The van der Waals surface area contributed by atoms with E-state index in [-0.39, 0.29) is 183 Å². The van der Waals surface area contributed by atoms with Gasteiger partial charge >= 0.3 is 0 Å². The summed E-state index contributed by atoms with van der Waals surface area (Å²) >= 11 is 25.2. The number of rotatable bonds is 49. The summed E-state index contributed by atoms with van der Waals surface area (Å²) in [5.41, 5.74) is -1.09. The molecule has 7 heterocycles. The van der Waals surface area contributed by atoms with E-state index in [1.807, 2.05) is 166 Å². The molecule has 142 heavy (non-hydrogen) atoms. The van der Waals surface area contributed by atoms with Crippen LogP contribution in [0.4, 0.5) is 8.78 Å². The van der Waals surface area contributed by atoms with E-state index in [2.05, 4.69) is 47.9 Å². The normalized spacial score (nSPS) is 33.3. The quantitative estimate of drug-likeness (QED) is 0.0116. The van der Waals surface area contributed by atoms with Crippen LogP contribution in [0.2, 0.25) is 0 Å². The van der Waals surface area contributed by atoms with Gasteiger partial charge in [-0.3, -0.25) is 39.1 Å². The van der Waals surface area contributed by atoms with Crippen LogP contribution >= 0.6 is 59.4 Å². The standard InChI is InChI=1S/C14H29BNO5PS.C14H29BNO5P.C12H25BNO4P.2C12H25BNO3PS.2C11H22BFNO3PS.2CH4/c1-9(2)20-8-11-12(16-22(17,23)10(3)4)13(14(15)21-11)19-7-6-18-5;1-6-7-19-13-12(16-22(17,18)10(4)5)11(21-14(13)15)8-20-9(2)3;1-7(2)17-6-10-11(9(5)12(13)18-10)14-19(15,16)8(3)4;2*1-7(2)16-6-10-11(9(5)12(13)17-10)14-18(15,19)8(3)4;2*1-6(2)16-5-8-10(9(13)11(12)17-8)14-18(15,19)7(3)4;;/h9-14H,6-8H2,1-5H3,(H2,16,17,23);9-14H,6-8H2,1-5H3,(H2,16,17,18);7-12H,6H2,1-5H3,(H2,14,15,16);2*7-12H,6H2,1-5H3,(H2,14,15,19);2*6-11H,5H2,1-4H3,(H2,14,15,19);2*1H4/t11-,12?,13+,14-,22?;11-,12?,13+,14-;9-,10+,11?,12+;2*9-,10+,11?,12+,18?;2*8-,9+,10?,11-,18?;;/m1100011../s1. The van der Waals surface area contributed by atoms with Gasteiger partial charge in [0.1, 0.15) is 92.9 Å². The van der Waals surface area contributed by atoms with Crippen molar-refractivity contribution in [1.29, 1.82) is 0 Å². The van der Waals surface area contributed by atoms with Gasteiger partial charge in [0.15, 0.2) is 0 Å². The highest BCUT2D eigenvalue weighted by molar-refractivity contribution is 8.47. The number of ether oxygens (including phenoxy) is 17. The molecular weight excluding hydrogens is 2060 g/mol. The van der Waals surface area contributed by atoms with Crippen molar-refractivity contribution in [1.82, 2.24) is 35.6 Å². The summed E-state index contributed by atoms with van der Waals surface area (Å²) in [7, 11) is 35.6. The van der Waals surface area contributed by atoms with E-state index in [0.717, 1.165) is 6.42 Å². The molecule has 35 atom stereocenters. The summed E-state index contributed by atoms with van der Waals surface area (Å²) in [6.07, 6.45) is -15.8. The lowest BCUT2D eigenvalue weighted by Gasteiger charge is -2.31. The highest BCUT2D eigenvalue weighted by Gasteiger charge is 2.52. The van der Waals surface area contributed by atoms with Gasteiger partial charge in [-0.05, 0) is 121 Å². The lowest BCUT2D eigenvalue weighted by molar-refractivity contribution is -0.0273. The van der Waals surface area contributed by atoms with Gasteiger partial charge in [-0.25, -0.2) is 19.0 Å². The molecule has 0 saturated carbocycles. The molecule has 14 radical (unpaired) electrons. The Hall–Kier alpha value is 2.75. The summed E-state index contributed by atoms with van der Waals surface area (Å²) in [4.78, 5) is 61.3. The first-order valence-electron chi connectivity index (χ1n) is 49.0. The molecule has 7 aliphatic rings. The fourth-order valence-electron chi connectivity index (χ4n) is 13.7. The van der Waals surface area contributed by atoms with E-state index >= 15 is 0 Å². The third-order valence-electron chi connectivity index (χ3n) is 23.6. The molecule has 0 aromatic rings. The van der Waals surface area contributed by atoms with Crippen molar-refractivity contribution in [3.8, 4) is 0 Å². The maximum Gasteiger partial charge on any atom is 0.270 e.